The van der Waals surface area contributed by atoms with Gasteiger partial charge in [-0.2, -0.15) is 0 Å². The molecule has 2 aliphatic rings. The Balaban J connectivity index is 0.000000189. The average Bonchev–Trinajstić information content (AvgIpc) is 2.94. The molecule has 4 N–H and O–H groups in total. The number of hydrogen-bond acceptors (Lipinski definition) is 6. The van der Waals surface area contributed by atoms with E-state index in [2.05, 4.69) is 35.2 Å². The minimum atomic E-state index is -0.985. The summed E-state index contributed by atoms with van der Waals surface area (Å²) >= 11 is 0. The van der Waals surface area contributed by atoms with Gasteiger partial charge < -0.3 is 16.2 Å². The number of aldehydes is 1. The molecule has 0 saturated heterocycles. The molecule has 0 spiro atoms. The number of halogens is 2. The highest BCUT2D eigenvalue weighted by atomic mass is 19.1. The first kappa shape index (κ1) is 29.7. The van der Waals surface area contributed by atoms with Crippen molar-refractivity contribution in [1.29, 1.82) is 0 Å². The lowest BCUT2D eigenvalue weighted by Gasteiger charge is -2.39. The van der Waals surface area contributed by atoms with Crippen LogP contribution in [0.2, 0.25) is 0 Å². The first-order valence-electron chi connectivity index (χ1n) is 14.1. The van der Waals surface area contributed by atoms with Crippen molar-refractivity contribution in [2.45, 2.75) is 76.9 Å². The van der Waals surface area contributed by atoms with Crippen LogP contribution in [0.15, 0.2) is 42.7 Å². The molecule has 2 saturated carbocycles. The number of aryl methyl sites for hydroxylation is 1. The highest BCUT2D eigenvalue weighted by Gasteiger charge is 2.37. The Morgan fingerprint density at radius 2 is 1.93 bits per heavy atom. The van der Waals surface area contributed by atoms with Crippen molar-refractivity contribution < 1.29 is 18.7 Å². The van der Waals surface area contributed by atoms with E-state index in [1.807, 2.05) is 19.4 Å². The molecular formula is C32H40F2N4O2. The fraction of sp³-hybridized carbons (Fsp3) is 0.469. The molecule has 0 radical (unpaired) electrons. The molecule has 5 rings (SSSR count). The van der Waals surface area contributed by atoms with Gasteiger partial charge in [0, 0.05) is 24.8 Å². The van der Waals surface area contributed by atoms with E-state index in [-0.39, 0.29) is 17.0 Å². The highest BCUT2D eigenvalue weighted by molar-refractivity contribution is 5.75. The van der Waals surface area contributed by atoms with Crippen LogP contribution in [-0.4, -0.2) is 34.5 Å². The minimum Gasteiger partial charge on any atom is -0.387 e. The van der Waals surface area contributed by atoms with Crippen molar-refractivity contribution in [3.63, 3.8) is 0 Å². The summed E-state index contributed by atoms with van der Waals surface area (Å²) in [6, 6.07) is 7.70. The predicted octanol–water partition coefficient (Wildman–Crippen LogP) is 6.51. The van der Waals surface area contributed by atoms with Crippen molar-refractivity contribution >= 4 is 12.0 Å². The maximum Gasteiger partial charge on any atom is 0.168 e. The first-order chi connectivity index (χ1) is 19.1. The van der Waals surface area contributed by atoms with Crippen LogP contribution in [0.4, 0.5) is 14.5 Å². The number of hydrogen-bond donors (Lipinski definition) is 3. The van der Waals surface area contributed by atoms with E-state index < -0.39 is 17.2 Å². The lowest BCUT2D eigenvalue weighted by Crippen LogP contribution is -2.39. The number of pyridine rings is 2. The molecule has 2 heterocycles. The van der Waals surface area contributed by atoms with Crippen LogP contribution in [0.1, 0.15) is 85.5 Å². The van der Waals surface area contributed by atoms with Crippen molar-refractivity contribution in [3.8, 4) is 11.3 Å². The van der Waals surface area contributed by atoms with Gasteiger partial charge in [-0.05, 0) is 97.7 Å². The molecule has 3 aromatic rings. The third kappa shape index (κ3) is 6.08. The molecule has 2 fully saturated rings. The number of benzene rings is 1. The number of carbonyl (C=O) groups is 1. The molecule has 0 aliphatic heterocycles. The van der Waals surface area contributed by atoms with Gasteiger partial charge in [0.15, 0.2) is 6.29 Å². The number of aliphatic hydroxyl groups is 1. The standard InChI is InChI=1S/C17H15F2NO2.C15H25N3/c1-10-7-11(17(22)5-2-6-17)8-14(19)15(10)16-13(18)4-3-12(9-21)20-16;1-4-11-7-12(8-14(16)10(11)2)13-5-6-18-9-15(13)17-3/h3-4,7-9,22H,2,5-6H2,1H3;5-6,9-12,14,17H,4,7-8,16H2,1-3H3. The molecule has 0 bridgehead atoms. The van der Waals surface area contributed by atoms with Crippen LogP contribution < -0.4 is 11.1 Å². The van der Waals surface area contributed by atoms with E-state index in [1.54, 1.807) is 13.0 Å². The third-order valence-corrected chi connectivity index (χ3v) is 8.88. The van der Waals surface area contributed by atoms with Gasteiger partial charge >= 0.3 is 0 Å². The molecule has 4 unspecified atom stereocenters. The molecule has 1 aromatic carbocycles. The van der Waals surface area contributed by atoms with Crippen LogP contribution in [0.3, 0.4) is 0 Å². The van der Waals surface area contributed by atoms with Crippen LogP contribution in [-0.2, 0) is 5.60 Å². The van der Waals surface area contributed by atoms with E-state index in [0.717, 1.165) is 30.5 Å². The van der Waals surface area contributed by atoms with E-state index >= 15 is 0 Å². The number of rotatable bonds is 6. The fourth-order valence-electron chi connectivity index (χ4n) is 6.14. The van der Waals surface area contributed by atoms with Gasteiger partial charge in [0.05, 0.1) is 17.5 Å². The van der Waals surface area contributed by atoms with Gasteiger partial charge in [0.25, 0.3) is 0 Å². The third-order valence-electron chi connectivity index (χ3n) is 8.88. The monoisotopic (exact) mass is 550 g/mol. The second-order valence-corrected chi connectivity index (χ2v) is 11.3. The lowest BCUT2D eigenvalue weighted by molar-refractivity contribution is -0.0390. The second kappa shape index (κ2) is 12.5. The Bertz CT molecular complexity index is 1320. The first-order valence-corrected chi connectivity index (χ1v) is 14.1. The molecule has 4 atom stereocenters. The number of carbonyl (C=O) groups excluding carboxylic acids is 1. The fourth-order valence-corrected chi connectivity index (χ4v) is 6.14. The van der Waals surface area contributed by atoms with Gasteiger partial charge in [-0.25, -0.2) is 13.8 Å². The van der Waals surface area contributed by atoms with Crippen LogP contribution in [0.5, 0.6) is 0 Å². The number of nitrogens with one attached hydrogen (secondary N) is 1. The Labute approximate surface area is 235 Å². The van der Waals surface area contributed by atoms with Gasteiger partial charge in [0.1, 0.15) is 23.0 Å². The average molecular weight is 551 g/mol. The molecule has 2 aromatic heterocycles. The molecule has 2 aliphatic carbocycles. The SMILES string of the molecule is CCC1CC(c2ccncc2NC)CC(N)C1C.Cc1cc(C2(O)CCC2)cc(F)c1-c1nc(C=O)ccc1F. The van der Waals surface area contributed by atoms with Crippen molar-refractivity contribution in [1.82, 2.24) is 9.97 Å². The van der Waals surface area contributed by atoms with Crippen LogP contribution >= 0.6 is 0 Å². The number of nitrogens with two attached hydrogens (primary N) is 1. The predicted molar refractivity (Wildman–Crippen MR) is 154 cm³/mol. The molecule has 40 heavy (non-hydrogen) atoms. The summed E-state index contributed by atoms with van der Waals surface area (Å²) in [6.45, 7) is 6.22. The second-order valence-electron chi connectivity index (χ2n) is 11.3. The number of aromatic nitrogens is 2. The quantitative estimate of drug-likeness (QED) is 0.303. The zero-order valence-electron chi connectivity index (χ0n) is 23.8. The van der Waals surface area contributed by atoms with Gasteiger partial charge in [0.2, 0.25) is 0 Å². The Morgan fingerprint density at radius 1 is 1.18 bits per heavy atom. The van der Waals surface area contributed by atoms with Crippen molar-refractivity contribution in [2.24, 2.45) is 17.6 Å². The topological polar surface area (TPSA) is 101 Å². The van der Waals surface area contributed by atoms with Gasteiger partial charge in [-0.3, -0.25) is 9.78 Å². The highest BCUT2D eigenvalue weighted by Crippen LogP contribution is 2.43. The Kier molecular flexibility index (Phi) is 9.31. The smallest absolute Gasteiger partial charge is 0.168 e. The van der Waals surface area contributed by atoms with E-state index in [9.17, 15) is 18.7 Å². The van der Waals surface area contributed by atoms with Crippen LogP contribution in [0, 0.1) is 30.4 Å². The van der Waals surface area contributed by atoms with Gasteiger partial charge in [-0.15, -0.1) is 0 Å². The summed E-state index contributed by atoms with van der Waals surface area (Å²) < 4.78 is 28.5. The zero-order chi connectivity index (χ0) is 29.0. The normalized spacial score (nSPS) is 23.4. The summed E-state index contributed by atoms with van der Waals surface area (Å²) in [7, 11) is 1.96. The molecular weight excluding hydrogens is 510 g/mol. The van der Waals surface area contributed by atoms with Gasteiger partial charge in [-0.1, -0.05) is 26.3 Å². The van der Waals surface area contributed by atoms with E-state index in [1.165, 1.54) is 30.5 Å². The summed E-state index contributed by atoms with van der Waals surface area (Å²) in [6.07, 6.45) is 9.96. The molecule has 8 heteroatoms. The van der Waals surface area contributed by atoms with E-state index in [0.29, 0.717) is 48.1 Å². The van der Waals surface area contributed by atoms with E-state index in [4.69, 9.17) is 5.73 Å². The summed E-state index contributed by atoms with van der Waals surface area (Å²) in [5.74, 6) is 0.627. The van der Waals surface area contributed by atoms with Crippen LogP contribution in [0.25, 0.3) is 11.3 Å². The Morgan fingerprint density at radius 3 is 2.52 bits per heavy atom. The summed E-state index contributed by atoms with van der Waals surface area (Å²) in [4.78, 5) is 18.8. The maximum atomic E-state index is 14.5. The summed E-state index contributed by atoms with van der Waals surface area (Å²) in [5.41, 5.74) is 8.73. The Hall–Kier alpha value is -3.23. The van der Waals surface area contributed by atoms with Crippen molar-refractivity contribution in [2.75, 3.05) is 12.4 Å². The number of nitrogens with zero attached hydrogens (tertiary/aromatic N) is 2. The molecule has 0 amide bonds. The lowest BCUT2D eigenvalue weighted by atomic mass is 9.69. The largest absolute Gasteiger partial charge is 0.387 e. The zero-order valence-corrected chi connectivity index (χ0v) is 23.8. The van der Waals surface area contributed by atoms with Crippen molar-refractivity contribution in [3.05, 3.63) is 76.7 Å². The maximum absolute atomic E-state index is 14.5. The molecule has 214 valence electrons. The minimum absolute atomic E-state index is 0.0212. The molecule has 6 nitrogen and oxygen atoms in total. The summed E-state index contributed by atoms with van der Waals surface area (Å²) in [5, 5.41) is 13.6. The number of anilines is 1.